The molecule has 1 heterocycles. The number of nitrogens with zero attached hydrogens (tertiary/aromatic N) is 3. The molecule has 0 spiro atoms. The van der Waals surface area contributed by atoms with Crippen molar-refractivity contribution in [2.45, 2.75) is 11.7 Å². The minimum absolute atomic E-state index is 0.172. The zero-order valence-corrected chi connectivity index (χ0v) is 13.8. The molecule has 0 saturated heterocycles. The third kappa shape index (κ3) is 4.49. The number of rotatable bonds is 8. The standard InChI is InChI=1S/C15H18N4O3S/c1-4-7-19-10-16-18-15(19)23-9-14(20)17-12-8-11(21-2)5-6-13(12)22-3/h4-6,8,10H,1,7,9H2,2-3H3,(H,17,20). The third-order valence-electron chi connectivity index (χ3n) is 2.92. The largest absolute Gasteiger partial charge is 0.497 e. The van der Waals surface area contributed by atoms with Crippen LogP contribution in [0.3, 0.4) is 0 Å². The van der Waals surface area contributed by atoms with Crippen LogP contribution < -0.4 is 14.8 Å². The van der Waals surface area contributed by atoms with Gasteiger partial charge in [0, 0.05) is 12.6 Å². The predicted molar refractivity (Wildman–Crippen MR) is 89.1 cm³/mol. The summed E-state index contributed by atoms with van der Waals surface area (Å²) in [6.45, 7) is 4.27. The SMILES string of the molecule is C=CCn1cnnc1SCC(=O)Nc1cc(OC)ccc1OC. The molecule has 1 aromatic heterocycles. The van der Waals surface area contributed by atoms with Crippen LogP contribution in [0.5, 0.6) is 11.5 Å². The van der Waals surface area contributed by atoms with Crippen molar-refractivity contribution in [1.29, 1.82) is 0 Å². The van der Waals surface area contributed by atoms with E-state index < -0.39 is 0 Å². The van der Waals surface area contributed by atoms with Gasteiger partial charge in [-0.3, -0.25) is 4.79 Å². The topological polar surface area (TPSA) is 78.3 Å². The van der Waals surface area contributed by atoms with Crippen LogP contribution in [-0.4, -0.2) is 40.6 Å². The number of benzene rings is 1. The number of carbonyl (C=O) groups excluding carboxylic acids is 1. The smallest absolute Gasteiger partial charge is 0.234 e. The number of nitrogens with one attached hydrogen (secondary N) is 1. The summed E-state index contributed by atoms with van der Waals surface area (Å²) in [6.07, 6.45) is 3.35. The Labute approximate surface area is 138 Å². The van der Waals surface area contributed by atoms with Crippen LogP contribution in [0.4, 0.5) is 5.69 Å². The first kappa shape index (κ1) is 16.9. The number of ether oxygens (including phenoxy) is 2. The Bertz CT molecular complexity index is 687. The third-order valence-corrected chi connectivity index (χ3v) is 3.90. The maximum atomic E-state index is 12.1. The van der Waals surface area contributed by atoms with Gasteiger partial charge in [0.2, 0.25) is 5.91 Å². The van der Waals surface area contributed by atoms with Gasteiger partial charge in [-0.25, -0.2) is 0 Å². The molecule has 0 fully saturated rings. The van der Waals surface area contributed by atoms with Gasteiger partial charge in [-0.15, -0.1) is 16.8 Å². The normalized spacial score (nSPS) is 10.2. The van der Waals surface area contributed by atoms with E-state index in [1.807, 2.05) is 4.57 Å². The highest BCUT2D eigenvalue weighted by molar-refractivity contribution is 7.99. The van der Waals surface area contributed by atoms with Gasteiger partial charge in [0.05, 0.1) is 25.7 Å². The lowest BCUT2D eigenvalue weighted by atomic mass is 10.2. The molecule has 8 heteroatoms. The van der Waals surface area contributed by atoms with E-state index in [0.29, 0.717) is 28.9 Å². The molecule has 0 saturated carbocycles. The van der Waals surface area contributed by atoms with E-state index in [0.717, 1.165) is 0 Å². The summed E-state index contributed by atoms with van der Waals surface area (Å²) in [7, 11) is 3.11. The van der Waals surface area contributed by atoms with E-state index in [4.69, 9.17) is 9.47 Å². The van der Waals surface area contributed by atoms with E-state index in [2.05, 4.69) is 22.1 Å². The van der Waals surface area contributed by atoms with Crippen LogP contribution in [0.2, 0.25) is 0 Å². The zero-order valence-electron chi connectivity index (χ0n) is 13.0. The minimum Gasteiger partial charge on any atom is -0.497 e. The number of hydrogen-bond donors (Lipinski definition) is 1. The molecule has 0 aliphatic heterocycles. The highest BCUT2D eigenvalue weighted by Gasteiger charge is 2.11. The number of aromatic nitrogens is 3. The van der Waals surface area contributed by atoms with Gasteiger partial charge in [0.25, 0.3) is 0 Å². The van der Waals surface area contributed by atoms with Gasteiger partial charge in [0.1, 0.15) is 17.8 Å². The zero-order chi connectivity index (χ0) is 16.7. The van der Waals surface area contributed by atoms with E-state index in [9.17, 15) is 4.79 Å². The minimum atomic E-state index is -0.172. The molecule has 2 rings (SSSR count). The van der Waals surface area contributed by atoms with Crippen molar-refractivity contribution in [3.63, 3.8) is 0 Å². The second kappa shape index (κ2) is 8.23. The van der Waals surface area contributed by atoms with E-state index >= 15 is 0 Å². The first-order valence-corrected chi connectivity index (χ1v) is 7.80. The van der Waals surface area contributed by atoms with Gasteiger partial charge >= 0.3 is 0 Å². The van der Waals surface area contributed by atoms with Gasteiger partial charge in [0.15, 0.2) is 5.16 Å². The van der Waals surface area contributed by atoms with Gasteiger partial charge in [-0.2, -0.15) is 0 Å². The number of hydrogen-bond acceptors (Lipinski definition) is 6. The monoisotopic (exact) mass is 334 g/mol. The van der Waals surface area contributed by atoms with Gasteiger partial charge in [-0.1, -0.05) is 17.8 Å². The highest BCUT2D eigenvalue weighted by atomic mass is 32.2. The van der Waals surface area contributed by atoms with Crippen molar-refractivity contribution in [2.75, 3.05) is 25.3 Å². The predicted octanol–water partition coefficient (Wildman–Crippen LogP) is 2.21. The van der Waals surface area contributed by atoms with Crippen LogP contribution in [0, 0.1) is 0 Å². The Hall–Kier alpha value is -2.48. The number of thioether (sulfide) groups is 1. The fraction of sp³-hybridized carbons (Fsp3) is 0.267. The summed E-state index contributed by atoms with van der Waals surface area (Å²) < 4.78 is 12.2. The fourth-order valence-electron chi connectivity index (χ4n) is 1.85. The molecule has 1 N–H and O–H groups in total. The van der Waals surface area contributed by atoms with Crippen LogP contribution >= 0.6 is 11.8 Å². The van der Waals surface area contributed by atoms with Crippen LogP contribution in [0.1, 0.15) is 0 Å². The number of allylic oxidation sites excluding steroid dienone is 1. The van der Waals surface area contributed by atoms with E-state index in [1.54, 1.807) is 44.8 Å². The molecule has 0 aliphatic carbocycles. The lowest BCUT2D eigenvalue weighted by Crippen LogP contribution is -2.15. The summed E-state index contributed by atoms with van der Waals surface area (Å²) in [5.74, 6) is 1.24. The molecule has 0 atom stereocenters. The lowest BCUT2D eigenvalue weighted by Gasteiger charge is -2.11. The molecule has 23 heavy (non-hydrogen) atoms. The Morgan fingerprint density at radius 2 is 2.26 bits per heavy atom. The first-order valence-electron chi connectivity index (χ1n) is 6.81. The van der Waals surface area contributed by atoms with Crippen molar-refractivity contribution < 1.29 is 14.3 Å². The van der Waals surface area contributed by atoms with E-state index in [-0.39, 0.29) is 11.7 Å². The Kier molecular flexibility index (Phi) is 6.04. The number of methoxy groups -OCH3 is 2. The van der Waals surface area contributed by atoms with Gasteiger partial charge in [-0.05, 0) is 12.1 Å². The molecule has 1 amide bonds. The van der Waals surface area contributed by atoms with Crippen LogP contribution in [0.15, 0.2) is 42.3 Å². The maximum absolute atomic E-state index is 12.1. The Morgan fingerprint density at radius 1 is 1.43 bits per heavy atom. The molecule has 0 bridgehead atoms. The Balaban J connectivity index is 1.99. The second-order valence-corrected chi connectivity index (χ2v) is 5.40. The summed E-state index contributed by atoms with van der Waals surface area (Å²) >= 11 is 1.30. The van der Waals surface area contributed by atoms with Gasteiger partial charge < -0.3 is 19.4 Å². The lowest BCUT2D eigenvalue weighted by molar-refractivity contribution is -0.113. The maximum Gasteiger partial charge on any atom is 0.234 e. The number of carbonyl (C=O) groups is 1. The quantitative estimate of drug-likeness (QED) is 0.589. The average molecular weight is 334 g/mol. The molecule has 2 aromatic rings. The second-order valence-electron chi connectivity index (χ2n) is 4.46. The van der Waals surface area contributed by atoms with Crippen LogP contribution in [-0.2, 0) is 11.3 Å². The number of anilines is 1. The summed E-state index contributed by atoms with van der Waals surface area (Å²) in [5.41, 5.74) is 0.560. The molecular formula is C15H18N4O3S. The average Bonchev–Trinajstić information content (AvgIpc) is 3.00. The molecular weight excluding hydrogens is 316 g/mol. The fourth-order valence-corrected chi connectivity index (χ4v) is 2.57. The molecule has 0 aliphatic rings. The van der Waals surface area contributed by atoms with Crippen molar-refractivity contribution in [2.24, 2.45) is 0 Å². The van der Waals surface area contributed by atoms with Crippen molar-refractivity contribution in [3.8, 4) is 11.5 Å². The van der Waals surface area contributed by atoms with E-state index in [1.165, 1.54) is 11.8 Å². The molecule has 7 nitrogen and oxygen atoms in total. The molecule has 1 aromatic carbocycles. The van der Waals surface area contributed by atoms with Crippen molar-refractivity contribution >= 4 is 23.4 Å². The first-order chi connectivity index (χ1) is 11.2. The number of amides is 1. The molecule has 122 valence electrons. The summed E-state index contributed by atoms with van der Waals surface area (Å²) in [4.78, 5) is 12.1. The summed E-state index contributed by atoms with van der Waals surface area (Å²) in [6, 6.07) is 5.21. The van der Waals surface area contributed by atoms with Crippen molar-refractivity contribution in [3.05, 3.63) is 37.2 Å². The molecule has 0 unspecified atom stereocenters. The molecule has 0 radical (unpaired) electrons. The van der Waals surface area contributed by atoms with Crippen LogP contribution in [0.25, 0.3) is 0 Å². The summed E-state index contributed by atoms with van der Waals surface area (Å²) in [5, 5.41) is 11.3. The Morgan fingerprint density at radius 3 is 2.96 bits per heavy atom. The highest BCUT2D eigenvalue weighted by Crippen LogP contribution is 2.29. The van der Waals surface area contributed by atoms with Crippen molar-refractivity contribution in [1.82, 2.24) is 14.8 Å².